The molecule has 6 nitrogen and oxygen atoms in total. The van der Waals surface area contributed by atoms with E-state index in [2.05, 4.69) is 5.43 Å². The molecule has 0 bridgehead atoms. The topological polar surface area (TPSA) is 87.8 Å². The highest BCUT2D eigenvalue weighted by molar-refractivity contribution is 5.99. The van der Waals surface area contributed by atoms with E-state index in [0.29, 0.717) is 24.3 Å². The number of anilines is 1. The number of rotatable bonds is 3. The van der Waals surface area contributed by atoms with Gasteiger partial charge in [-0.05, 0) is 38.5 Å². The maximum Gasteiger partial charge on any atom is 0.256 e. The number of carbonyl (C=O) groups excluding carboxylic acids is 1. The predicted octanol–water partition coefficient (Wildman–Crippen LogP) is 0.893. The molecule has 21 heavy (non-hydrogen) atoms. The number of carbonyl (C=O) groups is 1. The smallest absolute Gasteiger partial charge is 0.256 e. The summed E-state index contributed by atoms with van der Waals surface area (Å²) < 4.78 is 5.73. The van der Waals surface area contributed by atoms with Crippen LogP contribution in [0, 0.1) is 6.92 Å². The van der Waals surface area contributed by atoms with Crippen LogP contribution >= 0.6 is 0 Å². The van der Waals surface area contributed by atoms with E-state index in [1.807, 2.05) is 32.9 Å². The molecule has 1 aromatic rings. The summed E-state index contributed by atoms with van der Waals surface area (Å²) in [6.07, 6.45) is -0.363. The third-order valence-corrected chi connectivity index (χ3v) is 3.53. The number of amides is 1. The van der Waals surface area contributed by atoms with Gasteiger partial charge in [-0.3, -0.25) is 10.6 Å². The molecule has 0 radical (unpaired) electrons. The number of nitrogen functional groups attached to an aromatic ring is 1. The highest BCUT2D eigenvalue weighted by Gasteiger charge is 2.36. The van der Waals surface area contributed by atoms with Crippen LogP contribution in [0.5, 0.6) is 0 Å². The zero-order valence-electron chi connectivity index (χ0n) is 12.7. The molecule has 1 aromatic carbocycles. The standard InChI is InChI=1S/C15H23N3O3/c1-10-4-5-12(13(6-10)17-16)14(20)18-7-11(8-19)21-15(2,3)9-18/h4-6,11,17,19H,7-9,16H2,1-3H3. The highest BCUT2D eigenvalue weighted by Crippen LogP contribution is 2.25. The summed E-state index contributed by atoms with van der Waals surface area (Å²) in [5.41, 5.74) is 4.24. The van der Waals surface area contributed by atoms with Crippen LogP contribution in [0.25, 0.3) is 0 Å². The molecule has 1 aliphatic rings. The van der Waals surface area contributed by atoms with E-state index in [9.17, 15) is 9.90 Å². The number of morpholine rings is 1. The average Bonchev–Trinajstić information content (AvgIpc) is 2.44. The van der Waals surface area contributed by atoms with Crippen molar-refractivity contribution < 1.29 is 14.6 Å². The first-order valence-corrected chi connectivity index (χ1v) is 7.01. The quantitative estimate of drug-likeness (QED) is 0.569. The zero-order chi connectivity index (χ0) is 15.6. The minimum Gasteiger partial charge on any atom is -0.394 e. The first kappa shape index (κ1) is 15.8. The Balaban J connectivity index is 2.27. The summed E-state index contributed by atoms with van der Waals surface area (Å²) in [5, 5.41) is 9.34. The second-order valence-electron chi connectivity index (χ2n) is 6.06. The van der Waals surface area contributed by atoms with Crippen LogP contribution in [0.3, 0.4) is 0 Å². The van der Waals surface area contributed by atoms with Gasteiger partial charge in [0, 0.05) is 13.1 Å². The Kier molecular flexibility index (Phi) is 4.51. The summed E-state index contributed by atoms with van der Waals surface area (Å²) in [6, 6.07) is 5.48. The van der Waals surface area contributed by atoms with Crippen molar-refractivity contribution in [1.29, 1.82) is 0 Å². The number of nitrogens with one attached hydrogen (secondary N) is 1. The Morgan fingerprint density at radius 2 is 2.29 bits per heavy atom. The first-order chi connectivity index (χ1) is 9.86. The van der Waals surface area contributed by atoms with Crippen molar-refractivity contribution in [3.05, 3.63) is 29.3 Å². The summed E-state index contributed by atoms with van der Waals surface area (Å²) in [4.78, 5) is 14.4. The van der Waals surface area contributed by atoms with E-state index in [4.69, 9.17) is 10.6 Å². The van der Waals surface area contributed by atoms with Crippen LogP contribution in [0.2, 0.25) is 0 Å². The van der Waals surface area contributed by atoms with Gasteiger partial charge in [-0.25, -0.2) is 0 Å². The SMILES string of the molecule is Cc1ccc(C(=O)N2CC(CO)OC(C)(C)C2)c(NN)c1. The van der Waals surface area contributed by atoms with Crippen molar-refractivity contribution >= 4 is 11.6 Å². The molecule has 1 amide bonds. The highest BCUT2D eigenvalue weighted by atomic mass is 16.5. The molecule has 1 heterocycles. The fraction of sp³-hybridized carbons (Fsp3) is 0.533. The van der Waals surface area contributed by atoms with E-state index in [0.717, 1.165) is 5.56 Å². The summed E-state index contributed by atoms with van der Waals surface area (Å²) in [6.45, 7) is 6.49. The van der Waals surface area contributed by atoms with Gasteiger partial charge in [0.15, 0.2) is 0 Å². The monoisotopic (exact) mass is 293 g/mol. The Morgan fingerprint density at radius 1 is 1.57 bits per heavy atom. The van der Waals surface area contributed by atoms with Crippen LogP contribution in [0.4, 0.5) is 5.69 Å². The number of benzene rings is 1. The lowest BCUT2D eigenvalue weighted by Gasteiger charge is -2.42. The molecule has 0 spiro atoms. The summed E-state index contributed by atoms with van der Waals surface area (Å²) in [5.74, 6) is 5.40. The largest absolute Gasteiger partial charge is 0.394 e. The number of hydrogen-bond acceptors (Lipinski definition) is 5. The molecule has 6 heteroatoms. The molecule has 2 rings (SSSR count). The number of nitrogens with zero attached hydrogens (tertiary/aromatic N) is 1. The maximum atomic E-state index is 12.7. The number of hydrogen-bond donors (Lipinski definition) is 3. The van der Waals surface area contributed by atoms with Crippen LogP contribution in [-0.2, 0) is 4.74 Å². The van der Waals surface area contributed by atoms with E-state index < -0.39 is 5.60 Å². The van der Waals surface area contributed by atoms with Crippen molar-refractivity contribution in [3.63, 3.8) is 0 Å². The van der Waals surface area contributed by atoms with Crippen LogP contribution in [-0.4, -0.2) is 47.3 Å². The van der Waals surface area contributed by atoms with Gasteiger partial charge >= 0.3 is 0 Å². The van der Waals surface area contributed by atoms with E-state index in [-0.39, 0.29) is 18.6 Å². The van der Waals surface area contributed by atoms with Gasteiger partial charge in [0.1, 0.15) is 0 Å². The van der Waals surface area contributed by atoms with Gasteiger partial charge in [-0.1, -0.05) is 6.07 Å². The number of ether oxygens (including phenoxy) is 1. The lowest BCUT2D eigenvalue weighted by atomic mass is 10.0. The average molecular weight is 293 g/mol. The molecule has 1 unspecified atom stereocenters. The lowest BCUT2D eigenvalue weighted by Crippen LogP contribution is -2.55. The molecule has 1 fully saturated rings. The predicted molar refractivity (Wildman–Crippen MR) is 80.9 cm³/mol. The molecular weight excluding hydrogens is 270 g/mol. The Bertz CT molecular complexity index is 531. The van der Waals surface area contributed by atoms with Gasteiger partial charge in [0.05, 0.1) is 29.6 Å². The first-order valence-electron chi connectivity index (χ1n) is 7.01. The van der Waals surface area contributed by atoms with Crippen molar-refractivity contribution in [2.24, 2.45) is 5.84 Å². The van der Waals surface area contributed by atoms with Gasteiger partial charge in [-0.2, -0.15) is 0 Å². The van der Waals surface area contributed by atoms with Crippen molar-refractivity contribution in [1.82, 2.24) is 4.90 Å². The zero-order valence-corrected chi connectivity index (χ0v) is 12.7. The number of nitrogens with two attached hydrogens (primary N) is 1. The number of aryl methyl sites for hydroxylation is 1. The summed E-state index contributed by atoms with van der Waals surface area (Å²) >= 11 is 0. The van der Waals surface area contributed by atoms with E-state index in [1.165, 1.54) is 0 Å². The van der Waals surface area contributed by atoms with Gasteiger partial charge in [-0.15, -0.1) is 0 Å². The third kappa shape index (κ3) is 3.53. The molecule has 116 valence electrons. The van der Waals surface area contributed by atoms with Gasteiger partial charge < -0.3 is 20.2 Å². The Hall–Kier alpha value is -1.63. The molecule has 0 aliphatic carbocycles. The molecule has 1 aliphatic heterocycles. The second-order valence-corrected chi connectivity index (χ2v) is 6.06. The molecular formula is C15H23N3O3. The lowest BCUT2D eigenvalue weighted by molar-refractivity contribution is -0.139. The van der Waals surface area contributed by atoms with E-state index in [1.54, 1.807) is 11.0 Å². The number of hydrazine groups is 1. The van der Waals surface area contributed by atoms with Crippen molar-refractivity contribution in [2.45, 2.75) is 32.5 Å². The third-order valence-electron chi connectivity index (χ3n) is 3.53. The normalized spacial score (nSPS) is 21.2. The fourth-order valence-corrected chi connectivity index (χ4v) is 2.68. The van der Waals surface area contributed by atoms with Crippen LogP contribution < -0.4 is 11.3 Å². The minimum atomic E-state index is -0.484. The Morgan fingerprint density at radius 3 is 2.90 bits per heavy atom. The van der Waals surface area contributed by atoms with Gasteiger partial charge in [0.2, 0.25) is 0 Å². The maximum absolute atomic E-state index is 12.7. The van der Waals surface area contributed by atoms with E-state index >= 15 is 0 Å². The molecule has 0 saturated carbocycles. The fourth-order valence-electron chi connectivity index (χ4n) is 2.68. The van der Waals surface area contributed by atoms with Crippen molar-refractivity contribution in [2.75, 3.05) is 25.1 Å². The van der Waals surface area contributed by atoms with Gasteiger partial charge in [0.25, 0.3) is 5.91 Å². The van der Waals surface area contributed by atoms with Crippen LogP contribution in [0.15, 0.2) is 18.2 Å². The summed E-state index contributed by atoms with van der Waals surface area (Å²) in [7, 11) is 0. The molecule has 4 N–H and O–H groups in total. The molecule has 0 aromatic heterocycles. The second kappa shape index (κ2) is 6.01. The van der Waals surface area contributed by atoms with Crippen LogP contribution in [0.1, 0.15) is 29.8 Å². The number of aliphatic hydroxyl groups is 1. The Labute approximate surface area is 124 Å². The number of aliphatic hydroxyl groups excluding tert-OH is 1. The molecule has 1 saturated heterocycles. The minimum absolute atomic E-state index is 0.108. The molecule has 1 atom stereocenters. The van der Waals surface area contributed by atoms with Crippen molar-refractivity contribution in [3.8, 4) is 0 Å².